The van der Waals surface area contributed by atoms with E-state index in [9.17, 15) is 17.6 Å². The number of nitrogens with zero attached hydrogens (tertiary/aromatic N) is 1. The molecule has 1 fully saturated rings. The van der Waals surface area contributed by atoms with Crippen LogP contribution < -0.4 is 5.32 Å². The van der Waals surface area contributed by atoms with Crippen molar-refractivity contribution in [2.24, 2.45) is 5.92 Å². The predicted octanol–water partition coefficient (Wildman–Crippen LogP) is 2.85. The number of aryl methyl sites for hydroxylation is 1. The van der Waals surface area contributed by atoms with Gasteiger partial charge >= 0.3 is 0 Å². The zero-order chi connectivity index (χ0) is 19.4. The fraction of sp³-hybridized carbons (Fsp3) is 0.350. The highest BCUT2D eigenvalue weighted by molar-refractivity contribution is 7.89. The highest BCUT2D eigenvalue weighted by Crippen LogP contribution is 2.24. The molecule has 0 aliphatic carbocycles. The molecule has 144 valence electrons. The normalized spacial score (nSPS) is 18.2. The molecule has 1 amide bonds. The summed E-state index contributed by atoms with van der Waals surface area (Å²) in [5.74, 6) is -1.06. The van der Waals surface area contributed by atoms with Gasteiger partial charge in [-0.25, -0.2) is 12.8 Å². The minimum Gasteiger partial charge on any atom is -0.352 e. The van der Waals surface area contributed by atoms with Gasteiger partial charge in [-0.15, -0.1) is 0 Å². The highest BCUT2D eigenvalue weighted by Gasteiger charge is 2.33. The average molecular weight is 390 g/mol. The minimum absolute atomic E-state index is 0.0900. The Kier molecular flexibility index (Phi) is 5.92. The summed E-state index contributed by atoms with van der Waals surface area (Å²) >= 11 is 0. The van der Waals surface area contributed by atoms with Crippen molar-refractivity contribution in [1.29, 1.82) is 0 Å². The van der Waals surface area contributed by atoms with Gasteiger partial charge in [0.15, 0.2) is 0 Å². The number of hydrogen-bond donors (Lipinski definition) is 1. The van der Waals surface area contributed by atoms with Crippen LogP contribution in [-0.4, -0.2) is 31.7 Å². The summed E-state index contributed by atoms with van der Waals surface area (Å²) in [5.41, 5.74) is 1.39. The van der Waals surface area contributed by atoms with Gasteiger partial charge in [0.05, 0.1) is 10.8 Å². The molecule has 3 rings (SSSR count). The van der Waals surface area contributed by atoms with Crippen molar-refractivity contribution in [2.75, 3.05) is 13.1 Å². The third-order valence-electron chi connectivity index (χ3n) is 4.82. The lowest BCUT2D eigenvalue weighted by atomic mass is 9.98. The summed E-state index contributed by atoms with van der Waals surface area (Å²) in [7, 11) is -3.63. The monoisotopic (exact) mass is 390 g/mol. The number of piperidine rings is 1. The number of sulfonamides is 1. The van der Waals surface area contributed by atoms with Crippen molar-refractivity contribution >= 4 is 15.9 Å². The van der Waals surface area contributed by atoms with Crippen molar-refractivity contribution in [3.05, 3.63) is 65.5 Å². The summed E-state index contributed by atoms with van der Waals surface area (Å²) < 4.78 is 40.7. The first-order valence-electron chi connectivity index (χ1n) is 8.96. The van der Waals surface area contributed by atoms with Crippen molar-refractivity contribution < 1.29 is 17.6 Å². The van der Waals surface area contributed by atoms with E-state index in [0.29, 0.717) is 24.9 Å². The Labute approximate surface area is 159 Å². The lowest BCUT2D eigenvalue weighted by Gasteiger charge is -2.31. The molecule has 0 radical (unpaired) electrons. The van der Waals surface area contributed by atoms with Gasteiger partial charge < -0.3 is 5.32 Å². The van der Waals surface area contributed by atoms with E-state index in [2.05, 4.69) is 5.32 Å². The zero-order valence-corrected chi connectivity index (χ0v) is 16.0. The van der Waals surface area contributed by atoms with Gasteiger partial charge in [0.1, 0.15) is 5.82 Å². The first-order valence-corrected chi connectivity index (χ1v) is 10.4. The number of hydrogen-bond acceptors (Lipinski definition) is 3. The van der Waals surface area contributed by atoms with Crippen LogP contribution in [0.4, 0.5) is 4.39 Å². The first-order chi connectivity index (χ1) is 12.9. The third kappa shape index (κ3) is 4.54. The summed E-state index contributed by atoms with van der Waals surface area (Å²) in [6.07, 6.45) is 1.23. The molecular formula is C20H23FN2O3S. The van der Waals surface area contributed by atoms with Crippen LogP contribution in [0.25, 0.3) is 0 Å². The van der Waals surface area contributed by atoms with Gasteiger partial charge in [0.2, 0.25) is 15.9 Å². The minimum atomic E-state index is -3.63. The molecule has 0 bridgehead atoms. The first kappa shape index (κ1) is 19.5. The molecule has 1 saturated heterocycles. The van der Waals surface area contributed by atoms with Crippen LogP contribution in [0.5, 0.6) is 0 Å². The highest BCUT2D eigenvalue weighted by atomic mass is 32.2. The molecule has 2 aromatic carbocycles. The molecular weight excluding hydrogens is 367 g/mol. The molecule has 0 spiro atoms. The number of nitrogens with one attached hydrogen (secondary N) is 1. The van der Waals surface area contributed by atoms with Gasteiger partial charge in [-0.3, -0.25) is 4.79 Å². The third-order valence-corrected chi connectivity index (χ3v) is 6.70. The van der Waals surface area contributed by atoms with E-state index in [-0.39, 0.29) is 29.7 Å². The Bertz CT molecular complexity index is 913. The topological polar surface area (TPSA) is 66.5 Å². The molecule has 7 heteroatoms. The lowest BCUT2D eigenvalue weighted by Crippen LogP contribution is -2.45. The molecule has 1 aliphatic heterocycles. The molecule has 1 atom stereocenters. The quantitative estimate of drug-likeness (QED) is 0.854. The second-order valence-electron chi connectivity index (χ2n) is 6.82. The standard InChI is InChI=1S/C20H23FN2O3S/c1-15-8-10-18(11-9-15)27(25,26)23-12-4-6-17(14-23)20(24)22-13-16-5-2-3-7-19(16)21/h2-3,5,7-11,17H,4,6,12-14H2,1H3,(H,22,24)/t17-/m0/s1. The van der Waals surface area contributed by atoms with E-state index < -0.39 is 15.9 Å². The Morgan fingerprint density at radius 2 is 1.89 bits per heavy atom. The maximum absolute atomic E-state index is 13.7. The number of amides is 1. The number of rotatable bonds is 5. The molecule has 0 unspecified atom stereocenters. The number of carbonyl (C=O) groups is 1. The molecule has 1 aliphatic rings. The molecule has 27 heavy (non-hydrogen) atoms. The smallest absolute Gasteiger partial charge is 0.243 e. The fourth-order valence-corrected chi connectivity index (χ4v) is 4.73. The van der Waals surface area contributed by atoms with Crippen LogP contribution >= 0.6 is 0 Å². The van der Waals surface area contributed by atoms with Gasteiger partial charge in [-0.05, 0) is 38.0 Å². The van der Waals surface area contributed by atoms with Crippen LogP contribution in [0.15, 0.2) is 53.4 Å². The Hall–Kier alpha value is -2.25. The summed E-state index contributed by atoms with van der Waals surface area (Å²) in [4.78, 5) is 12.7. The number of benzene rings is 2. The van der Waals surface area contributed by atoms with Gasteiger partial charge in [0.25, 0.3) is 0 Å². The number of carbonyl (C=O) groups excluding carboxylic acids is 1. The van der Waals surface area contributed by atoms with Gasteiger partial charge in [-0.1, -0.05) is 35.9 Å². The van der Waals surface area contributed by atoms with Crippen molar-refractivity contribution in [2.45, 2.75) is 31.2 Å². The van der Waals surface area contributed by atoms with Crippen molar-refractivity contribution in [3.63, 3.8) is 0 Å². The maximum atomic E-state index is 13.7. The summed E-state index contributed by atoms with van der Waals surface area (Å²) in [6, 6.07) is 13.0. The Morgan fingerprint density at radius 1 is 1.19 bits per heavy atom. The molecule has 1 heterocycles. The average Bonchev–Trinajstić information content (AvgIpc) is 2.67. The van der Waals surface area contributed by atoms with E-state index in [1.807, 2.05) is 6.92 Å². The van der Waals surface area contributed by atoms with Crippen LogP contribution in [0.1, 0.15) is 24.0 Å². The Balaban J connectivity index is 1.65. The van der Waals surface area contributed by atoms with E-state index in [4.69, 9.17) is 0 Å². The van der Waals surface area contributed by atoms with Crippen LogP contribution in [0.3, 0.4) is 0 Å². The van der Waals surface area contributed by atoms with Crippen LogP contribution in [-0.2, 0) is 21.4 Å². The fourth-order valence-electron chi connectivity index (χ4n) is 3.20. The van der Waals surface area contributed by atoms with Gasteiger partial charge in [-0.2, -0.15) is 4.31 Å². The zero-order valence-electron chi connectivity index (χ0n) is 15.2. The summed E-state index contributed by atoms with van der Waals surface area (Å²) in [6.45, 7) is 2.52. The van der Waals surface area contributed by atoms with Crippen LogP contribution in [0, 0.1) is 18.7 Å². The van der Waals surface area contributed by atoms with Crippen molar-refractivity contribution in [3.8, 4) is 0 Å². The van der Waals surface area contributed by atoms with E-state index >= 15 is 0 Å². The Morgan fingerprint density at radius 3 is 2.59 bits per heavy atom. The largest absolute Gasteiger partial charge is 0.352 e. The molecule has 5 nitrogen and oxygen atoms in total. The molecule has 0 aromatic heterocycles. The van der Waals surface area contributed by atoms with E-state index in [1.165, 1.54) is 10.4 Å². The molecule has 1 N–H and O–H groups in total. The summed E-state index contributed by atoms with van der Waals surface area (Å²) in [5, 5.41) is 2.73. The van der Waals surface area contributed by atoms with Gasteiger partial charge in [0, 0.05) is 25.2 Å². The van der Waals surface area contributed by atoms with E-state index in [1.54, 1.807) is 42.5 Å². The molecule has 2 aromatic rings. The maximum Gasteiger partial charge on any atom is 0.243 e. The second kappa shape index (κ2) is 8.19. The van der Waals surface area contributed by atoms with Crippen molar-refractivity contribution in [1.82, 2.24) is 9.62 Å². The predicted molar refractivity (Wildman–Crippen MR) is 101 cm³/mol. The number of halogens is 1. The second-order valence-corrected chi connectivity index (χ2v) is 8.76. The molecule has 0 saturated carbocycles. The van der Waals surface area contributed by atoms with E-state index in [0.717, 1.165) is 5.56 Å². The lowest BCUT2D eigenvalue weighted by molar-refractivity contribution is -0.126. The SMILES string of the molecule is Cc1ccc(S(=O)(=O)N2CCC[C@H](C(=O)NCc3ccccc3F)C2)cc1. The van der Waals surface area contributed by atoms with Crippen LogP contribution in [0.2, 0.25) is 0 Å².